The lowest BCUT2D eigenvalue weighted by Crippen LogP contribution is -2.34. The molecule has 0 aliphatic carbocycles. The number of hydrogen-bond donors (Lipinski definition) is 1. The molecule has 2 atom stereocenters. The van der Waals surface area contributed by atoms with Gasteiger partial charge in [-0.1, -0.05) is 78.9 Å². The minimum atomic E-state index is 0.193. The fourth-order valence-corrected chi connectivity index (χ4v) is 4.11. The monoisotopic (exact) mass is 345 g/mol. The predicted molar refractivity (Wildman–Crippen MR) is 109 cm³/mol. The van der Waals surface area contributed by atoms with Gasteiger partial charge >= 0.3 is 0 Å². The van der Waals surface area contributed by atoms with E-state index in [-0.39, 0.29) is 5.25 Å². The normalized spacial score (nSPS) is 16.4. The molecule has 0 N–H and O–H groups in total. The fourth-order valence-electron chi connectivity index (χ4n) is 3.75. The van der Waals surface area contributed by atoms with Crippen molar-refractivity contribution in [2.24, 2.45) is 0 Å². The maximum atomic E-state index is 4.96. The van der Waals surface area contributed by atoms with E-state index in [4.69, 9.17) is 12.6 Å². The van der Waals surface area contributed by atoms with Crippen LogP contribution in [0.3, 0.4) is 0 Å². The lowest BCUT2D eigenvalue weighted by atomic mass is 9.97. The molecule has 2 heteroatoms. The van der Waals surface area contributed by atoms with Crippen molar-refractivity contribution >= 4 is 12.6 Å². The minimum Gasteiger partial charge on any atom is -0.291 e. The van der Waals surface area contributed by atoms with Crippen LogP contribution >= 0.6 is 12.6 Å². The predicted octanol–water partition coefficient (Wildman–Crippen LogP) is 5.73. The molecular weight excluding hydrogens is 322 g/mol. The average Bonchev–Trinajstić information content (AvgIpc) is 2.84. The van der Waals surface area contributed by atoms with Gasteiger partial charge in [0.1, 0.15) is 0 Å². The zero-order chi connectivity index (χ0) is 17.2. The summed E-state index contributed by atoms with van der Waals surface area (Å²) in [7, 11) is 0. The van der Waals surface area contributed by atoms with Gasteiger partial charge in [-0.25, -0.2) is 0 Å². The molecule has 0 unspecified atom stereocenters. The number of rotatable bonds is 3. The van der Waals surface area contributed by atoms with Gasteiger partial charge in [0, 0.05) is 24.4 Å². The molecule has 3 aromatic rings. The summed E-state index contributed by atoms with van der Waals surface area (Å²) in [5, 5.41) is 0.193. The average molecular weight is 346 g/mol. The SMILES string of the molecule is C[C@@H]([C@H](S)c1ccccc1)N1Cc2ccccc2-c2ccccc2C1. The van der Waals surface area contributed by atoms with Crippen molar-refractivity contribution in [1.29, 1.82) is 0 Å². The van der Waals surface area contributed by atoms with Gasteiger partial charge in [-0.3, -0.25) is 4.90 Å². The zero-order valence-corrected chi connectivity index (χ0v) is 15.4. The van der Waals surface area contributed by atoms with Crippen LogP contribution in [0.15, 0.2) is 78.9 Å². The van der Waals surface area contributed by atoms with Gasteiger partial charge in [0.25, 0.3) is 0 Å². The molecule has 0 radical (unpaired) electrons. The van der Waals surface area contributed by atoms with Crippen LogP contribution in [0.1, 0.15) is 28.9 Å². The minimum absolute atomic E-state index is 0.193. The molecule has 0 fully saturated rings. The summed E-state index contributed by atoms with van der Waals surface area (Å²) in [5.74, 6) is 0. The van der Waals surface area contributed by atoms with Gasteiger partial charge in [-0.05, 0) is 34.7 Å². The first kappa shape index (κ1) is 16.4. The maximum Gasteiger partial charge on any atom is 0.0420 e. The Kier molecular flexibility index (Phi) is 4.65. The molecular formula is C23H23NS. The van der Waals surface area contributed by atoms with E-state index in [9.17, 15) is 0 Å². The Labute approximate surface area is 155 Å². The second kappa shape index (κ2) is 7.07. The largest absolute Gasteiger partial charge is 0.291 e. The Morgan fingerprint density at radius 2 is 1.20 bits per heavy atom. The van der Waals surface area contributed by atoms with E-state index < -0.39 is 0 Å². The van der Waals surface area contributed by atoms with Crippen molar-refractivity contribution in [3.8, 4) is 11.1 Å². The van der Waals surface area contributed by atoms with E-state index >= 15 is 0 Å². The van der Waals surface area contributed by atoms with Gasteiger partial charge in [0.15, 0.2) is 0 Å². The highest BCUT2D eigenvalue weighted by molar-refractivity contribution is 7.80. The second-order valence-electron chi connectivity index (χ2n) is 6.82. The van der Waals surface area contributed by atoms with Crippen LogP contribution < -0.4 is 0 Å². The van der Waals surface area contributed by atoms with E-state index in [2.05, 4.69) is 90.7 Å². The Bertz CT molecular complexity index is 811. The lowest BCUT2D eigenvalue weighted by molar-refractivity contribution is 0.189. The van der Waals surface area contributed by atoms with Crippen molar-refractivity contribution in [3.63, 3.8) is 0 Å². The molecule has 0 amide bonds. The number of fused-ring (bicyclic) bond motifs is 3. The Morgan fingerprint density at radius 3 is 1.76 bits per heavy atom. The van der Waals surface area contributed by atoms with E-state index in [1.165, 1.54) is 27.8 Å². The van der Waals surface area contributed by atoms with Crippen molar-refractivity contribution in [2.45, 2.75) is 31.3 Å². The molecule has 1 aliphatic heterocycles. The van der Waals surface area contributed by atoms with E-state index in [0.717, 1.165) is 13.1 Å². The summed E-state index contributed by atoms with van der Waals surface area (Å²) in [6, 6.07) is 28.5. The van der Waals surface area contributed by atoms with Crippen molar-refractivity contribution in [2.75, 3.05) is 0 Å². The van der Waals surface area contributed by atoms with Crippen LogP contribution in [-0.4, -0.2) is 10.9 Å². The van der Waals surface area contributed by atoms with Gasteiger partial charge in [-0.2, -0.15) is 12.6 Å². The third-order valence-corrected chi connectivity index (χ3v) is 5.98. The van der Waals surface area contributed by atoms with Crippen LogP contribution in [0.4, 0.5) is 0 Å². The molecule has 4 rings (SSSR count). The summed E-state index contributed by atoms with van der Waals surface area (Å²) >= 11 is 4.96. The Morgan fingerprint density at radius 1 is 0.720 bits per heavy atom. The molecule has 0 aromatic heterocycles. The van der Waals surface area contributed by atoms with Gasteiger partial charge < -0.3 is 0 Å². The Hall–Kier alpha value is -2.03. The summed E-state index contributed by atoms with van der Waals surface area (Å²) in [6.45, 7) is 4.20. The van der Waals surface area contributed by atoms with Crippen molar-refractivity contribution < 1.29 is 0 Å². The van der Waals surface area contributed by atoms with Crippen LogP contribution in [0.5, 0.6) is 0 Å². The van der Waals surface area contributed by atoms with Gasteiger partial charge in [-0.15, -0.1) is 0 Å². The van der Waals surface area contributed by atoms with E-state index in [0.29, 0.717) is 6.04 Å². The molecule has 126 valence electrons. The summed E-state index contributed by atoms with van der Waals surface area (Å²) in [5.41, 5.74) is 6.80. The molecule has 0 saturated carbocycles. The van der Waals surface area contributed by atoms with Gasteiger partial charge in [0.2, 0.25) is 0 Å². The molecule has 0 bridgehead atoms. The van der Waals surface area contributed by atoms with E-state index in [1.807, 2.05) is 0 Å². The molecule has 25 heavy (non-hydrogen) atoms. The third-order valence-electron chi connectivity index (χ3n) is 5.25. The van der Waals surface area contributed by atoms with Crippen LogP contribution in [0.25, 0.3) is 11.1 Å². The molecule has 1 nitrogen and oxygen atoms in total. The highest BCUT2D eigenvalue weighted by Gasteiger charge is 2.26. The number of hydrogen-bond acceptors (Lipinski definition) is 2. The first-order valence-corrected chi connectivity index (χ1v) is 9.39. The first-order chi connectivity index (χ1) is 12.2. The number of nitrogens with zero attached hydrogens (tertiary/aromatic N) is 1. The van der Waals surface area contributed by atoms with E-state index in [1.54, 1.807) is 0 Å². The molecule has 0 saturated heterocycles. The fraction of sp³-hybridized carbons (Fsp3) is 0.217. The number of thiol groups is 1. The van der Waals surface area contributed by atoms with Crippen molar-refractivity contribution in [3.05, 3.63) is 95.6 Å². The van der Waals surface area contributed by atoms with Crippen LogP contribution in [0.2, 0.25) is 0 Å². The standard InChI is InChI=1S/C23H23NS/c1-17(23(25)18-9-3-2-4-10-18)24-15-19-11-5-7-13-21(19)22-14-8-6-12-20(22)16-24/h2-14,17,23,25H,15-16H2,1H3/t17-,23-/m0/s1. The van der Waals surface area contributed by atoms with Crippen molar-refractivity contribution in [1.82, 2.24) is 4.90 Å². The quantitative estimate of drug-likeness (QED) is 0.593. The lowest BCUT2D eigenvalue weighted by Gasteiger charge is -2.32. The highest BCUT2D eigenvalue weighted by Crippen LogP contribution is 2.36. The molecule has 3 aromatic carbocycles. The highest BCUT2D eigenvalue weighted by atomic mass is 32.1. The summed E-state index contributed by atoms with van der Waals surface area (Å²) in [4.78, 5) is 2.55. The Balaban J connectivity index is 1.71. The smallest absolute Gasteiger partial charge is 0.0420 e. The molecule has 1 heterocycles. The second-order valence-corrected chi connectivity index (χ2v) is 7.37. The first-order valence-electron chi connectivity index (χ1n) is 8.87. The van der Waals surface area contributed by atoms with Crippen LogP contribution in [-0.2, 0) is 13.1 Å². The molecule has 0 spiro atoms. The number of benzene rings is 3. The van der Waals surface area contributed by atoms with Crippen LogP contribution in [0, 0.1) is 0 Å². The summed E-state index contributed by atoms with van der Waals surface area (Å²) in [6.07, 6.45) is 0. The van der Waals surface area contributed by atoms with Gasteiger partial charge in [0.05, 0.1) is 0 Å². The molecule has 1 aliphatic rings. The maximum absolute atomic E-state index is 4.96. The topological polar surface area (TPSA) is 3.24 Å². The zero-order valence-electron chi connectivity index (χ0n) is 14.5. The summed E-state index contributed by atoms with van der Waals surface area (Å²) < 4.78 is 0. The third kappa shape index (κ3) is 3.24.